The molecule has 3 rings (SSSR count). The van der Waals surface area contributed by atoms with E-state index in [-0.39, 0.29) is 0 Å². The van der Waals surface area contributed by atoms with Gasteiger partial charge in [-0.15, -0.1) is 0 Å². The molecule has 1 saturated heterocycles. The van der Waals surface area contributed by atoms with Gasteiger partial charge >= 0.3 is 0 Å². The van der Waals surface area contributed by atoms with Gasteiger partial charge in [0.25, 0.3) is 0 Å². The summed E-state index contributed by atoms with van der Waals surface area (Å²) in [6, 6.07) is 10.1. The summed E-state index contributed by atoms with van der Waals surface area (Å²) in [6.45, 7) is 2.09. The van der Waals surface area contributed by atoms with Gasteiger partial charge in [0.2, 0.25) is 0 Å². The Labute approximate surface area is 101 Å². The number of benzene rings is 1. The molecular formula is C14H16N2O. The number of aromatic nitrogens is 1. The number of pyridine rings is 1. The Bertz CT molecular complexity index is 501. The average molecular weight is 228 g/mol. The molecule has 0 atom stereocenters. The summed E-state index contributed by atoms with van der Waals surface area (Å²) in [5.74, 6) is 0.912. The van der Waals surface area contributed by atoms with E-state index in [9.17, 15) is 0 Å². The maximum Gasteiger partial charge on any atom is 0.145 e. The number of hydrogen-bond acceptors (Lipinski definition) is 3. The molecule has 0 spiro atoms. The number of nitrogens with zero attached hydrogens (tertiary/aromatic N) is 1. The summed E-state index contributed by atoms with van der Waals surface area (Å²) in [6.07, 6.45) is 4.29. The molecule has 1 aromatic carbocycles. The van der Waals surface area contributed by atoms with Gasteiger partial charge < -0.3 is 10.1 Å². The fraction of sp³-hybridized carbons (Fsp3) is 0.357. The van der Waals surface area contributed by atoms with Gasteiger partial charge in [-0.2, -0.15) is 0 Å². The average Bonchev–Trinajstić information content (AvgIpc) is 2.40. The molecule has 1 N–H and O–H groups in total. The Balaban J connectivity index is 1.89. The highest BCUT2D eigenvalue weighted by Gasteiger charge is 2.15. The standard InChI is InChI=1S/C14H16N2O/c1-3-11-4-2-8-16-14(11)13(5-1)17-12-6-9-15-10-7-12/h1-5,8,12,15H,6-7,9-10H2. The molecule has 3 heteroatoms. The molecule has 2 heterocycles. The monoisotopic (exact) mass is 228 g/mol. The predicted molar refractivity (Wildman–Crippen MR) is 68.3 cm³/mol. The largest absolute Gasteiger partial charge is 0.488 e. The van der Waals surface area contributed by atoms with E-state index in [2.05, 4.69) is 22.4 Å². The number of para-hydroxylation sites is 1. The van der Waals surface area contributed by atoms with Crippen molar-refractivity contribution in [3.05, 3.63) is 36.5 Å². The minimum Gasteiger partial charge on any atom is -0.488 e. The second-order valence-corrected chi connectivity index (χ2v) is 4.40. The highest BCUT2D eigenvalue weighted by atomic mass is 16.5. The first kappa shape index (κ1) is 10.5. The maximum atomic E-state index is 6.07. The third-order valence-electron chi connectivity index (χ3n) is 3.18. The van der Waals surface area contributed by atoms with Crippen LogP contribution in [-0.2, 0) is 0 Å². The van der Waals surface area contributed by atoms with Crippen LogP contribution in [0.4, 0.5) is 0 Å². The van der Waals surface area contributed by atoms with Crippen LogP contribution in [0, 0.1) is 0 Å². The second kappa shape index (κ2) is 4.72. The number of fused-ring (bicyclic) bond motifs is 1. The maximum absolute atomic E-state index is 6.07. The van der Waals surface area contributed by atoms with Gasteiger partial charge in [-0.1, -0.05) is 18.2 Å². The third kappa shape index (κ3) is 2.24. The van der Waals surface area contributed by atoms with Crippen molar-refractivity contribution in [3.8, 4) is 5.75 Å². The SMILES string of the molecule is c1cnc2c(OC3CCNCC3)cccc2c1. The minimum atomic E-state index is 0.323. The summed E-state index contributed by atoms with van der Waals surface area (Å²) in [7, 11) is 0. The molecule has 88 valence electrons. The molecular weight excluding hydrogens is 212 g/mol. The Morgan fingerprint density at radius 3 is 2.82 bits per heavy atom. The van der Waals surface area contributed by atoms with E-state index in [1.807, 2.05) is 24.4 Å². The van der Waals surface area contributed by atoms with Gasteiger partial charge in [0, 0.05) is 11.6 Å². The number of piperidine rings is 1. The first-order valence-corrected chi connectivity index (χ1v) is 6.14. The van der Waals surface area contributed by atoms with Gasteiger partial charge in [-0.25, -0.2) is 0 Å². The zero-order chi connectivity index (χ0) is 11.5. The normalized spacial score (nSPS) is 17.2. The van der Waals surface area contributed by atoms with Gasteiger partial charge in [0.15, 0.2) is 0 Å². The quantitative estimate of drug-likeness (QED) is 0.856. The Morgan fingerprint density at radius 2 is 1.94 bits per heavy atom. The molecule has 1 fully saturated rings. The van der Waals surface area contributed by atoms with E-state index >= 15 is 0 Å². The zero-order valence-electron chi connectivity index (χ0n) is 9.73. The molecule has 1 aliphatic rings. The molecule has 1 aliphatic heterocycles. The lowest BCUT2D eigenvalue weighted by Crippen LogP contribution is -2.34. The topological polar surface area (TPSA) is 34.1 Å². The van der Waals surface area contributed by atoms with E-state index in [0.29, 0.717) is 6.10 Å². The highest BCUT2D eigenvalue weighted by molar-refractivity contribution is 5.84. The van der Waals surface area contributed by atoms with Crippen LogP contribution in [0.2, 0.25) is 0 Å². The smallest absolute Gasteiger partial charge is 0.145 e. The Hall–Kier alpha value is -1.61. The predicted octanol–water partition coefficient (Wildman–Crippen LogP) is 2.37. The van der Waals surface area contributed by atoms with Gasteiger partial charge in [-0.05, 0) is 38.1 Å². The van der Waals surface area contributed by atoms with E-state index < -0.39 is 0 Å². The van der Waals surface area contributed by atoms with Gasteiger partial charge in [0.05, 0.1) is 0 Å². The summed E-state index contributed by atoms with van der Waals surface area (Å²) < 4.78 is 6.07. The van der Waals surface area contributed by atoms with Crippen LogP contribution < -0.4 is 10.1 Å². The zero-order valence-corrected chi connectivity index (χ0v) is 9.73. The van der Waals surface area contributed by atoms with Gasteiger partial charge in [-0.3, -0.25) is 4.98 Å². The summed E-state index contributed by atoms with van der Waals surface area (Å²) in [4.78, 5) is 4.41. The van der Waals surface area contributed by atoms with Crippen LogP contribution in [0.25, 0.3) is 10.9 Å². The van der Waals surface area contributed by atoms with Crippen LogP contribution in [0.1, 0.15) is 12.8 Å². The van der Waals surface area contributed by atoms with Gasteiger partial charge in [0.1, 0.15) is 17.4 Å². The number of hydrogen-bond donors (Lipinski definition) is 1. The van der Waals surface area contributed by atoms with Crippen LogP contribution in [0.3, 0.4) is 0 Å². The molecule has 1 aromatic heterocycles. The first-order valence-electron chi connectivity index (χ1n) is 6.14. The summed E-state index contributed by atoms with van der Waals surface area (Å²) in [5, 5.41) is 4.48. The molecule has 0 bridgehead atoms. The molecule has 17 heavy (non-hydrogen) atoms. The Kier molecular flexibility index (Phi) is 2.92. The van der Waals surface area contributed by atoms with Crippen LogP contribution in [-0.4, -0.2) is 24.2 Å². The van der Waals surface area contributed by atoms with Crippen molar-refractivity contribution in [3.63, 3.8) is 0 Å². The van der Waals surface area contributed by atoms with E-state index in [1.54, 1.807) is 0 Å². The fourth-order valence-electron chi connectivity index (χ4n) is 2.26. The number of rotatable bonds is 2. The van der Waals surface area contributed by atoms with Crippen molar-refractivity contribution in [2.24, 2.45) is 0 Å². The van der Waals surface area contributed by atoms with Crippen molar-refractivity contribution in [1.29, 1.82) is 0 Å². The van der Waals surface area contributed by atoms with Crippen LogP contribution in [0.5, 0.6) is 5.75 Å². The molecule has 0 amide bonds. The molecule has 0 unspecified atom stereocenters. The molecule has 0 radical (unpaired) electrons. The van der Waals surface area contributed by atoms with Crippen molar-refractivity contribution < 1.29 is 4.74 Å². The minimum absolute atomic E-state index is 0.323. The number of ether oxygens (including phenoxy) is 1. The highest BCUT2D eigenvalue weighted by Crippen LogP contribution is 2.25. The lowest BCUT2D eigenvalue weighted by atomic mass is 10.1. The van der Waals surface area contributed by atoms with E-state index in [1.165, 1.54) is 0 Å². The van der Waals surface area contributed by atoms with Crippen LogP contribution >= 0.6 is 0 Å². The van der Waals surface area contributed by atoms with E-state index in [4.69, 9.17) is 4.74 Å². The number of nitrogens with one attached hydrogen (secondary N) is 1. The lowest BCUT2D eigenvalue weighted by molar-refractivity contribution is 0.164. The molecule has 0 saturated carbocycles. The lowest BCUT2D eigenvalue weighted by Gasteiger charge is -2.24. The molecule has 0 aliphatic carbocycles. The summed E-state index contributed by atoms with van der Waals surface area (Å²) >= 11 is 0. The van der Waals surface area contributed by atoms with Crippen molar-refractivity contribution in [2.45, 2.75) is 18.9 Å². The van der Waals surface area contributed by atoms with E-state index in [0.717, 1.165) is 42.6 Å². The Morgan fingerprint density at radius 1 is 1.12 bits per heavy atom. The third-order valence-corrected chi connectivity index (χ3v) is 3.18. The summed E-state index contributed by atoms with van der Waals surface area (Å²) in [5.41, 5.74) is 0.966. The fourth-order valence-corrected chi connectivity index (χ4v) is 2.26. The second-order valence-electron chi connectivity index (χ2n) is 4.40. The van der Waals surface area contributed by atoms with Crippen LogP contribution in [0.15, 0.2) is 36.5 Å². The van der Waals surface area contributed by atoms with Crippen molar-refractivity contribution in [1.82, 2.24) is 10.3 Å². The first-order chi connectivity index (χ1) is 8.43. The molecule has 2 aromatic rings. The molecule has 3 nitrogen and oxygen atoms in total. The van der Waals surface area contributed by atoms with Crippen molar-refractivity contribution >= 4 is 10.9 Å². The van der Waals surface area contributed by atoms with Crippen molar-refractivity contribution in [2.75, 3.05) is 13.1 Å².